The van der Waals surface area contributed by atoms with Crippen LogP contribution >= 0.6 is 15.9 Å². The lowest BCUT2D eigenvalue weighted by molar-refractivity contribution is 1.01. The molecule has 0 aromatic heterocycles. The van der Waals surface area contributed by atoms with E-state index in [1.54, 1.807) is 0 Å². The Morgan fingerprint density at radius 1 is 1.54 bits per heavy atom. The molecule has 0 aliphatic rings. The van der Waals surface area contributed by atoms with Crippen molar-refractivity contribution in [2.75, 3.05) is 6.54 Å². The van der Waals surface area contributed by atoms with Crippen molar-refractivity contribution in [3.63, 3.8) is 0 Å². The first kappa shape index (κ1) is 10.5. The lowest BCUT2D eigenvalue weighted by Gasteiger charge is -2.01. The van der Waals surface area contributed by atoms with Gasteiger partial charge < -0.3 is 5.73 Å². The van der Waals surface area contributed by atoms with Gasteiger partial charge in [0.1, 0.15) is 0 Å². The van der Waals surface area contributed by atoms with Crippen molar-refractivity contribution < 1.29 is 0 Å². The Hall–Kier alpha value is -0.600. The van der Waals surface area contributed by atoms with E-state index < -0.39 is 0 Å². The second-order valence-corrected chi connectivity index (χ2v) is 3.89. The summed E-state index contributed by atoms with van der Waals surface area (Å²) >= 11 is 3.45. The van der Waals surface area contributed by atoms with Crippen molar-refractivity contribution >= 4 is 21.5 Å². The van der Waals surface area contributed by atoms with E-state index in [1.165, 1.54) is 11.1 Å². The summed E-state index contributed by atoms with van der Waals surface area (Å²) in [5.41, 5.74) is 7.97. The second-order valence-electron chi connectivity index (χ2n) is 2.97. The first-order chi connectivity index (χ1) is 6.24. The number of hydrogen-bond acceptors (Lipinski definition) is 1. The summed E-state index contributed by atoms with van der Waals surface area (Å²) in [5, 5.41) is 0. The average Bonchev–Trinajstić information content (AvgIpc) is 2.14. The Bertz CT molecular complexity index is 305. The summed E-state index contributed by atoms with van der Waals surface area (Å²) in [6, 6.07) is 8.29. The molecule has 0 atom stereocenters. The van der Waals surface area contributed by atoms with Gasteiger partial charge in [-0.1, -0.05) is 34.1 Å². The van der Waals surface area contributed by atoms with Gasteiger partial charge in [0.2, 0.25) is 0 Å². The van der Waals surface area contributed by atoms with Gasteiger partial charge in [0.25, 0.3) is 0 Å². The molecule has 1 nitrogen and oxygen atoms in total. The van der Waals surface area contributed by atoms with Crippen LogP contribution in [0.2, 0.25) is 0 Å². The van der Waals surface area contributed by atoms with E-state index in [1.807, 2.05) is 12.1 Å². The Morgan fingerprint density at radius 2 is 2.31 bits per heavy atom. The van der Waals surface area contributed by atoms with Gasteiger partial charge in [0.05, 0.1) is 0 Å². The molecule has 0 amide bonds. The molecule has 0 spiro atoms. The highest BCUT2D eigenvalue weighted by Gasteiger charge is 1.94. The van der Waals surface area contributed by atoms with E-state index in [2.05, 4.69) is 41.1 Å². The molecule has 0 saturated carbocycles. The van der Waals surface area contributed by atoms with Gasteiger partial charge in [0, 0.05) is 4.47 Å². The topological polar surface area (TPSA) is 26.0 Å². The quantitative estimate of drug-likeness (QED) is 0.862. The summed E-state index contributed by atoms with van der Waals surface area (Å²) in [6.45, 7) is 2.82. The van der Waals surface area contributed by atoms with Crippen LogP contribution in [0.4, 0.5) is 0 Å². The summed E-state index contributed by atoms with van der Waals surface area (Å²) in [7, 11) is 0. The van der Waals surface area contributed by atoms with Gasteiger partial charge in [-0.2, -0.15) is 0 Å². The summed E-state index contributed by atoms with van der Waals surface area (Å²) in [6.07, 6.45) is 3.11. The molecule has 1 rings (SSSR count). The number of allylic oxidation sites excluding steroid dienone is 1. The first-order valence-electron chi connectivity index (χ1n) is 4.37. The number of rotatable bonds is 3. The van der Waals surface area contributed by atoms with E-state index in [4.69, 9.17) is 5.73 Å². The highest BCUT2D eigenvalue weighted by atomic mass is 79.9. The number of benzene rings is 1. The standard InChI is InChI=1S/C11H14BrN/c1-9(4-3-7-13)10-5-2-6-11(12)8-10/h2,4-6,8H,3,7,13H2,1H3. The van der Waals surface area contributed by atoms with E-state index >= 15 is 0 Å². The van der Waals surface area contributed by atoms with Crippen LogP contribution in [0.3, 0.4) is 0 Å². The largest absolute Gasteiger partial charge is 0.330 e. The summed E-state index contributed by atoms with van der Waals surface area (Å²) in [5.74, 6) is 0. The van der Waals surface area contributed by atoms with E-state index in [-0.39, 0.29) is 0 Å². The van der Waals surface area contributed by atoms with E-state index in [0.29, 0.717) is 6.54 Å². The van der Waals surface area contributed by atoms with Crippen LogP contribution in [-0.2, 0) is 0 Å². The van der Waals surface area contributed by atoms with Crippen molar-refractivity contribution in [3.05, 3.63) is 40.4 Å². The van der Waals surface area contributed by atoms with Gasteiger partial charge in [0.15, 0.2) is 0 Å². The molecule has 13 heavy (non-hydrogen) atoms. The molecule has 0 unspecified atom stereocenters. The molecule has 0 radical (unpaired) electrons. The van der Waals surface area contributed by atoms with Crippen LogP contribution in [0.1, 0.15) is 18.9 Å². The zero-order valence-corrected chi connectivity index (χ0v) is 9.34. The Labute approximate surface area is 87.8 Å². The van der Waals surface area contributed by atoms with E-state index in [0.717, 1.165) is 10.9 Å². The van der Waals surface area contributed by atoms with Crippen molar-refractivity contribution in [2.45, 2.75) is 13.3 Å². The second kappa shape index (κ2) is 5.20. The minimum Gasteiger partial charge on any atom is -0.330 e. The molecular formula is C11H14BrN. The highest BCUT2D eigenvalue weighted by Crippen LogP contribution is 2.18. The van der Waals surface area contributed by atoms with Gasteiger partial charge in [-0.15, -0.1) is 0 Å². The van der Waals surface area contributed by atoms with Crippen molar-refractivity contribution in [1.82, 2.24) is 0 Å². The monoisotopic (exact) mass is 239 g/mol. The Morgan fingerprint density at radius 3 is 2.92 bits per heavy atom. The van der Waals surface area contributed by atoms with Gasteiger partial charge in [-0.05, 0) is 43.2 Å². The maximum atomic E-state index is 5.43. The van der Waals surface area contributed by atoms with Crippen LogP contribution in [0, 0.1) is 0 Å². The van der Waals surface area contributed by atoms with Crippen LogP contribution < -0.4 is 5.73 Å². The molecule has 0 aliphatic carbocycles. The van der Waals surface area contributed by atoms with Gasteiger partial charge in [-0.3, -0.25) is 0 Å². The zero-order valence-electron chi connectivity index (χ0n) is 7.76. The third-order valence-electron chi connectivity index (χ3n) is 1.90. The third kappa shape index (κ3) is 3.33. The highest BCUT2D eigenvalue weighted by molar-refractivity contribution is 9.10. The van der Waals surface area contributed by atoms with Crippen molar-refractivity contribution in [3.8, 4) is 0 Å². The molecule has 1 aromatic carbocycles. The fourth-order valence-corrected chi connectivity index (χ4v) is 1.55. The smallest absolute Gasteiger partial charge is 0.0181 e. The lowest BCUT2D eigenvalue weighted by Crippen LogP contribution is -1.95. The molecule has 0 bridgehead atoms. The van der Waals surface area contributed by atoms with Crippen LogP contribution in [0.5, 0.6) is 0 Å². The lowest BCUT2D eigenvalue weighted by atomic mass is 10.1. The molecule has 0 heterocycles. The van der Waals surface area contributed by atoms with Gasteiger partial charge in [-0.25, -0.2) is 0 Å². The molecule has 0 aliphatic heterocycles. The SMILES string of the molecule is CC(=CCCN)c1cccc(Br)c1. The normalized spacial score (nSPS) is 11.8. The minimum absolute atomic E-state index is 0.714. The predicted molar refractivity (Wildman–Crippen MR) is 61.5 cm³/mol. The fourth-order valence-electron chi connectivity index (χ4n) is 1.15. The zero-order chi connectivity index (χ0) is 9.68. The molecule has 70 valence electrons. The Balaban J connectivity index is 2.82. The molecule has 0 saturated heterocycles. The first-order valence-corrected chi connectivity index (χ1v) is 5.16. The minimum atomic E-state index is 0.714. The van der Waals surface area contributed by atoms with Gasteiger partial charge >= 0.3 is 0 Å². The summed E-state index contributed by atoms with van der Waals surface area (Å²) in [4.78, 5) is 0. The average molecular weight is 240 g/mol. The maximum Gasteiger partial charge on any atom is 0.0181 e. The number of halogens is 1. The molecule has 0 fully saturated rings. The van der Waals surface area contributed by atoms with Crippen LogP contribution in [-0.4, -0.2) is 6.54 Å². The summed E-state index contributed by atoms with van der Waals surface area (Å²) < 4.78 is 1.12. The number of nitrogens with two attached hydrogens (primary N) is 1. The molecular weight excluding hydrogens is 226 g/mol. The Kier molecular flexibility index (Phi) is 4.19. The van der Waals surface area contributed by atoms with Crippen LogP contribution in [0.25, 0.3) is 5.57 Å². The third-order valence-corrected chi connectivity index (χ3v) is 2.39. The number of hydrogen-bond donors (Lipinski definition) is 1. The molecule has 1 aromatic rings. The van der Waals surface area contributed by atoms with Crippen molar-refractivity contribution in [1.29, 1.82) is 0 Å². The van der Waals surface area contributed by atoms with Crippen molar-refractivity contribution in [2.24, 2.45) is 5.73 Å². The molecule has 2 N–H and O–H groups in total. The molecule has 2 heteroatoms. The maximum absolute atomic E-state index is 5.43. The van der Waals surface area contributed by atoms with E-state index in [9.17, 15) is 0 Å². The van der Waals surface area contributed by atoms with Crippen LogP contribution in [0.15, 0.2) is 34.8 Å². The predicted octanol–water partition coefficient (Wildman–Crippen LogP) is 3.20. The fraction of sp³-hybridized carbons (Fsp3) is 0.273.